The van der Waals surface area contributed by atoms with E-state index in [4.69, 9.17) is 0 Å². The van der Waals surface area contributed by atoms with E-state index in [1.165, 1.54) is 0 Å². The van der Waals surface area contributed by atoms with Gasteiger partial charge in [-0.15, -0.1) is 0 Å². The van der Waals surface area contributed by atoms with Crippen LogP contribution in [0.1, 0.15) is 13.3 Å². The highest BCUT2D eigenvalue weighted by Gasteiger charge is 2.12. The summed E-state index contributed by atoms with van der Waals surface area (Å²) in [6.07, 6.45) is 0.606. The zero-order valence-corrected chi connectivity index (χ0v) is 11.6. The molecule has 116 valence electrons. The second-order valence-corrected chi connectivity index (χ2v) is 4.52. The second kappa shape index (κ2) is 6.20. The van der Waals surface area contributed by atoms with Gasteiger partial charge in [-0.3, -0.25) is 24.5 Å². The maximum absolute atomic E-state index is 13.7. The quantitative estimate of drug-likeness (QED) is 0.645. The lowest BCUT2D eigenvalue weighted by molar-refractivity contribution is -0.384. The van der Waals surface area contributed by atoms with Gasteiger partial charge in [0.2, 0.25) is 0 Å². The van der Waals surface area contributed by atoms with Crippen molar-refractivity contribution in [2.24, 2.45) is 0 Å². The van der Waals surface area contributed by atoms with Crippen LogP contribution < -0.4 is 16.6 Å². The van der Waals surface area contributed by atoms with Crippen LogP contribution >= 0.6 is 0 Å². The summed E-state index contributed by atoms with van der Waals surface area (Å²) >= 11 is 0. The lowest BCUT2D eigenvalue weighted by Crippen LogP contribution is -2.34. The van der Waals surface area contributed by atoms with E-state index in [9.17, 15) is 24.1 Å². The molecule has 1 aromatic heterocycles. The van der Waals surface area contributed by atoms with Crippen LogP contribution in [0.2, 0.25) is 0 Å². The van der Waals surface area contributed by atoms with Gasteiger partial charge in [0, 0.05) is 24.7 Å². The number of nitrogens with zero attached hydrogens (tertiary/aromatic N) is 2. The van der Waals surface area contributed by atoms with Gasteiger partial charge in [0.25, 0.3) is 11.2 Å². The van der Waals surface area contributed by atoms with Crippen molar-refractivity contribution in [2.45, 2.75) is 19.9 Å². The molecule has 0 saturated carbocycles. The van der Waals surface area contributed by atoms with Crippen molar-refractivity contribution in [3.05, 3.63) is 61.0 Å². The average Bonchev–Trinajstić information content (AvgIpc) is 2.45. The first-order valence-corrected chi connectivity index (χ1v) is 6.47. The minimum Gasteiger partial charge on any atom is -0.339 e. The highest BCUT2D eigenvalue weighted by molar-refractivity contribution is 5.60. The number of nitrogens with one attached hydrogen (secondary N) is 2. The lowest BCUT2D eigenvalue weighted by Gasteiger charge is -2.08. The number of aromatic nitrogens is 2. The summed E-state index contributed by atoms with van der Waals surface area (Å²) in [6, 6.07) is 4.01. The Labute approximate surface area is 123 Å². The molecule has 0 aliphatic heterocycles. The molecule has 0 spiro atoms. The van der Waals surface area contributed by atoms with E-state index in [1.54, 1.807) is 0 Å². The fourth-order valence-corrected chi connectivity index (χ4v) is 1.89. The first-order chi connectivity index (χ1) is 10.4. The molecule has 0 radical (unpaired) electrons. The van der Waals surface area contributed by atoms with Crippen LogP contribution in [0.4, 0.5) is 21.6 Å². The van der Waals surface area contributed by atoms with Gasteiger partial charge in [-0.25, -0.2) is 9.18 Å². The zero-order chi connectivity index (χ0) is 16.3. The number of nitro groups is 1. The van der Waals surface area contributed by atoms with Gasteiger partial charge in [0.1, 0.15) is 11.6 Å². The number of rotatable bonds is 5. The molecule has 0 aliphatic carbocycles. The molecule has 0 unspecified atom stereocenters. The van der Waals surface area contributed by atoms with Crippen LogP contribution in [0.5, 0.6) is 0 Å². The number of H-pyrrole nitrogens is 1. The molecule has 22 heavy (non-hydrogen) atoms. The predicted octanol–water partition coefficient (Wildman–Crippen LogP) is 1.74. The molecule has 2 aromatic rings. The summed E-state index contributed by atoms with van der Waals surface area (Å²) in [5.74, 6) is -0.786. The molecule has 0 atom stereocenters. The smallest absolute Gasteiger partial charge is 0.329 e. The van der Waals surface area contributed by atoms with Crippen LogP contribution in [0, 0.1) is 15.9 Å². The first-order valence-electron chi connectivity index (χ1n) is 6.47. The molecular formula is C13H13FN4O4. The van der Waals surface area contributed by atoms with Gasteiger partial charge in [-0.2, -0.15) is 0 Å². The van der Waals surface area contributed by atoms with Crippen LogP contribution in [-0.4, -0.2) is 14.5 Å². The molecule has 0 saturated heterocycles. The third-order valence-electron chi connectivity index (χ3n) is 2.90. The highest BCUT2D eigenvalue weighted by atomic mass is 19.1. The molecule has 8 nitrogen and oxygen atoms in total. The van der Waals surface area contributed by atoms with Crippen LogP contribution in [0.15, 0.2) is 33.9 Å². The van der Waals surface area contributed by atoms with Crippen molar-refractivity contribution in [3.63, 3.8) is 0 Å². The number of halogens is 1. The molecule has 0 fully saturated rings. The third-order valence-corrected chi connectivity index (χ3v) is 2.90. The maximum atomic E-state index is 13.7. The number of anilines is 2. The summed E-state index contributed by atoms with van der Waals surface area (Å²) in [4.78, 5) is 36.0. The molecular weight excluding hydrogens is 295 g/mol. The lowest BCUT2D eigenvalue weighted by atomic mass is 10.2. The molecule has 0 aliphatic rings. The summed E-state index contributed by atoms with van der Waals surface area (Å²) in [6.45, 7) is 2.08. The number of aromatic amines is 1. The normalized spacial score (nSPS) is 10.5. The monoisotopic (exact) mass is 308 g/mol. The Kier molecular flexibility index (Phi) is 4.35. The number of non-ortho nitro benzene ring substituents is 1. The zero-order valence-electron chi connectivity index (χ0n) is 11.6. The molecule has 2 N–H and O–H groups in total. The first kappa shape index (κ1) is 15.4. The van der Waals surface area contributed by atoms with Crippen molar-refractivity contribution in [2.75, 3.05) is 5.32 Å². The highest BCUT2D eigenvalue weighted by Crippen LogP contribution is 2.23. The predicted molar refractivity (Wildman–Crippen MR) is 78.0 cm³/mol. The minimum absolute atomic E-state index is 0.0400. The fourth-order valence-electron chi connectivity index (χ4n) is 1.89. The summed E-state index contributed by atoms with van der Waals surface area (Å²) < 4.78 is 14.7. The Morgan fingerprint density at radius 3 is 2.68 bits per heavy atom. The Balaban J connectivity index is 2.40. The van der Waals surface area contributed by atoms with E-state index >= 15 is 0 Å². The fraction of sp³-hybridized carbons (Fsp3) is 0.231. The largest absolute Gasteiger partial charge is 0.339 e. The standard InChI is InChI=1S/C13H13FN4O4/c1-2-5-17-12(19)7-11(16-13(17)20)15-10-6-8(18(21)22)3-4-9(10)14/h3-4,6-7,15H,2,5H2,1H3,(H,16,20). The molecule has 1 aromatic carbocycles. The summed E-state index contributed by atoms with van der Waals surface area (Å²) in [7, 11) is 0. The van der Waals surface area contributed by atoms with E-state index < -0.39 is 22.0 Å². The van der Waals surface area contributed by atoms with Crippen LogP contribution in [0.3, 0.4) is 0 Å². The van der Waals surface area contributed by atoms with Gasteiger partial charge in [-0.05, 0) is 12.5 Å². The summed E-state index contributed by atoms with van der Waals surface area (Å²) in [5.41, 5.74) is -1.70. The molecule has 0 bridgehead atoms. The Hall–Kier alpha value is -2.97. The summed E-state index contributed by atoms with van der Waals surface area (Å²) in [5, 5.41) is 13.2. The molecule has 2 rings (SSSR count). The number of hydrogen-bond acceptors (Lipinski definition) is 5. The van der Waals surface area contributed by atoms with Crippen LogP contribution in [-0.2, 0) is 6.54 Å². The van der Waals surface area contributed by atoms with Gasteiger partial charge >= 0.3 is 5.69 Å². The average molecular weight is 308 g/mol. The Morgan fingerprint density at radius 2 is 2.09 bits per heavy atom. The third kappa shape index (κ3) is 3.19. The number of hydrogen-bond donors (Lipinski definition) is 2. The Morgan fingerprint density at radius 1 is 1.36 bits per heavy atom. The van der Waals surface area contributed by atoms with Crippen molar-refractivity contribution < 1.29 is 9.31 Å². The van der Waals surface area contributed by atoms with Gasteiger partial charge < -0.3 is 5.32 Å². The van der Waals surface area contributed by atoms with Crippen molar-refractivity contribution in [3.8, 4) is 0 Å². The second-order valence-electron chi connectivity index (χ2n) is 4.52. The molecule has 1 heterocycles. The molecule has 0 amide bonds. The minimum atomic E-state index is -0.746. The van der Waals surface area contributed by atoms with Crippen molar-refractivity contribution in [1.82, 2.24) is 9.55 Å². The van der Waals surface area contributed by atoms with E-state index in [0.29, 0.717) is 6.42 Å². The van der Waals surface area contributed by atoms with Crippen LogP contribution in [0.25, 0.3) is 0 Å². The van der Waals surface area contributed by atoms with E-state index in [-0.39, 0.29) is 23.7 Å². The van der Waals surface area contributed by atoms with Gasteiger partial charge in [0.05, 0.1) is 10.6 Å². The maximum Gasteiger partial charge on any atom is 0.329 e. The SMILES string of the molecule is CCCn1c(=O)cc(Nc2cc([N+](=O)[O-])ccc2F)[nH]c1=O. The Bertz CT molecular complexity index is 796. The topological polar surface area (TPSA) is 110 Å². The van der Waals surface area contributed by atoms with Crippen molar-refractivity contribution >= 4 is 17.2 Å². The number of benzene rings is 1. The molecule has 9 heteroatoms. The number of nitro benzene ring substituents is 1. The van der Waals surface area contributed by atoms with E-state index in [2.05, 4.69) is 10.3 Å². The van der Waals surface area contributed by atoms with Gasteiger partial charge in [-0.1, -0.05) is 6.92 Å². The van der Waals surface area contributed by atoms with E-state index in [0.717, 1.165) is 28.8 Å². The van der Waals surface area contributed by atoms with E-state index in [1.807, 2.05) is 6.92 Å². The van der Waals surface area contributed by atoms with Crippen molar-refractivity contribution in [1.29, 1.82) is 0 Å². The van der Waals surface area contributed by atoms with Gasteiger partial charge in [0.15, 0.2) is 0 Å².